The third-order valence-corrected chi connectivity index (χ3v) is 1.23. The van der Waals surface area contributed by atoms with Gasteiger partial charge in [-0.2, -0.15) is 5.84 Å². The van der Waals surface area contributed by atoms with Crippen LogP contribution in [0.1, 0.15) is 0 Å². The van der Waals surface area contributed by atoms with Crippen LogP contribution in [0.25, 0.3) is 0 Å². The second-order valence-corrected chi connectivity index (χ2v) is 2.20. The van der Waals surface area contributed by atoms with E-state index in [1.54, 1.807) is 0 Å². The summed E-state index contributed by atoms with van der Waals surface area (Å²) < 4.78 is 38.6. The summed E-state index contributed by atoms with van der Waals surface area (Å²) in [7, 11) is 0. The molecule has 13 heavy (non-hydrogen) atoms. The predicted octanol–water partition coefficient (Wildman–Crippen LogP) is 2.20. The number of halogens is 3. The largest absolute Gasteiger partial charge is 0.573 e. The Bertz CT molecular complexity index is 270. The van der Waals surface area contributed by atoms with E-state index in [1.807, 2.05) is 5.43 Å². The molecule has 1 rings (SSSR count). The molecule has 0 amide bonds. The number of rotatable bonds is 2. The quantitative estimate of drug-likeness (QED) is 0.728. The van der Waals surface area contributed by atoms with Crippen LogP contribution in [0.4, 0.5) is 18.9 Å². The Hall–Kier alpha value is -1.43. The molecule has 0 spiro atoms. The third-order valence-electron chi connectivity index (χ3n) is 1.23. The van der Waals surface area contributed by atoms with Gasteiger partial charge in [-0.15, -0.1) is 13.2 Å². The molecule has 1 aromatic carbocycles. The van der Waals surface area contributed by atoms with Crippen LogP contribution in [-0.2, 0) is 0 Å². The van der Waals surface area contributed by atoms with Gasteiger partial charge in [-0.1, -0.05) is 0 Å². The molecule has 0 aliphatic heterocycles. The molecule has 0 aromatic heterocycles. The lowest BCUT2D eigenvalue weighted by Gasteiger charge is -2.08. The van der Waals surface area contributed by atoms with E-state index in [-0.39, 0.29) is 5.75 Å². The Balaban J connectivity index is 2.70. The molecule has 0 fully saturated rings. The Labute approximate surface area is 72.3 Å². The average molecular weight is 191 g/mol. The van der Waals surface area contributed by atoms with Crippen LogP contribution in [0, 0.1) is 0 Å². The summed E-state index contributed by atoms with van der Waals surface area (Å²) in [5.74, 6) is 6.38. The maximum atomic E-state index is 11.6. The number of nitrogens with one attached hydrogen (secondary N) is 2. The summed E-state index contributed by atoms with van der Waals surface area (Å²) in [5, 5.41) is 0. The Morgan fingerprint density at radius 2 is 1.69 bits per heavy atom. The van der Waals surface area contributed by atoms with E-state index in [0.29, 0.717) is 5.69 Å². The van der Waals surface area contributed by atoms with Gasteiger partial charge in [0, 0.05) is 0 Å². The van der Waals surface area contributed by atoms with Gasteiger partial charge in [0.1, 0.15) is 5.75 Å². The predicted molar refractivity (Wildman–Crippen MR) is 39.8 cm³/mol. The minimum absolute atomic E-state index is 0.300. The standard InChI is InChI=1S/C7H6F3N2O/c8-7(9,10)13-6-3-1-5(12-11)2-4-6/h1-4,11-12H. The van der Waals surface area contributed by atoms with Crippen LogP contribution in [0.3, 0.4) is 0 Å². The molecule has 3 nitrogen and oxygen atoms in total. The molecular weight excluding hydrogens is 185 g/mol. The summed E-state index contributed by atoms with van der Waals surface area (Å²) in [4.78, 5) is 0. The normalized spacial score (nSPS) is 11.1. The van der Waals surface area contributed by atoms with E-state index in [9.17, 15) is 13.2 Å². The molecule has 6 heteroatoms. The topological polar surface area (TPSA) is 45.1 Å². The van der Waals surface area contributed by atoms with Gasteiger partial charge in [-0.05, 0) is 24.3 Å². The first-order chi connectivity index (χ1) is 6.01. The minimum Gasteiger partial charge on any atom is -0.406 e. The first-order valence-corrected chi connectivity index (χ1v) is 3.30. The van der Waals surface area contributed by atoms with E-state index in [0.717, 1.165) is 12.1 Å². The number of alkyl halides is 3. The Kier molecular flexibility index (Phi) is 2.62. The first-order valence-electron chi connectivity index (χ1n) is 3.30. The highest BCUT2D eigenvalue weighted by atomic mass is 19.4. The van der Waals surface area contributed by atoms with Crippen molar-refractivity contribution in [2.45, 2.75) is 6.36 Å². The highest BCUT2D eigenvalue weighted by Gasteiger charge is 2.30. The lowest BCUT2D eigenvalue weighted by atomic mass is 10.3. The van der Waals surface area contributed by atoms with Crippen molar-refractivity contribution in [3.05, 3.63) is 24.3 Å². The molecule has 1 aromatic rings. The third kappa shape index (κ3) is 3.20. The maximum Gasteiger partial charge on any atom is 0.573 e. The molecule has 0 saturated carbocycles. The first kappa shape index (κ1) is 9.66. The van der Waals surface area contributed by atoms with Crippen molar-refractivity contribution in [2.75, 3.05) is 5.43 Å². The van der Waals surface area contributed by atoms with Crippen LogP contribution < -0.4 is 16.0 Å². The fourth-order valence-corrected chi connectivity index (χ4v) is 0.740. The van der Waals surface area contributed by atoms with E-state index in [4.69, 9.17) is 5.84 Å². The van der Waals surface area contributed by atoms with Crippen molar-refractivity contribution in [3.63, 3.8) is 0 Å². The van der Waals surface area contributed by atoms with Crippen molar-refractivity contribution in [3.8, 4) is 5.75 Å². The zero-order valence-electron chi connectivity index (χ0n) is 6.35. The average Bonchev–Trinajstić information content (AvgIpc) is 2.03. The van der Waals surface area contributed by atoms with Gasteiger partial charge in [-0.25, -0.2) is 0 Å². The number of anilines is 1. The number of benzene rings is 1. The molecule has 0 heterocycles. The molecule has 71 valence electrons. The lowest BCUT2D eigenvalue weighted by molar-refractivity contribution is -0.274. The van der Waals surface area contributed by atoms with Crippen LogP contribution in [0.2, 0.25) is 0 Å². The van der Waals surface area contributed by atoms with Crippen molar-refractivity contribution >= 4 is 5.69 Å². The maximum absolute atomic E-state index is 11.6. The number of ether oxygens (including phenoxy) is 1. The summed E-state index contributed by atoms with van der Waals surface area (Å²) >= 11 is 0. The molecule has 0 unspecified atom stereocenters. The Morgan fingerprint density at radius 3 is 2.08 bits per heavy atom. The van der Waals surface area contributed by atoms with Crippen molar-refractivity contribution < 1.29 is 17.9 Å². The zero-order chi connectivity index (χ0) is 9.90. The van der Waals surface area contributed by atoms with E-state index < -0.39 is 6.36 Å². The number of hydrogen-bond donors (Lipinski definition) is 1. The molecule has 0 bridgehead atoms. The van der Waals surface area contributed by atoms with E-state index in [2.05, 4.69) is 4.74 Å². The summed E-state index contributed by atoms with van der Waals surface area (Å²) in [6.07, 6.45) is -4.67. The second-order valence-electron chi connectivity index (χ2n) is 2.20. The minimum atomic E-state index is -4.67. The van der Waals surface area contributed by atoms with Crippen LogP contribution in [0.5, 0.6) is 5.75 Å². The summed E-state index contributed by atoms with van der Waals surface area (Å²) in [6.45, 7) is 0. The van der Waals surface area contributed by atoms with Gasteiger partial charge in [-0.3, -0.25) is 0 Å². The Morgan fingerprint density at radius 1 is 1.15 bits per heavy atom. The molecule has 0 saturated heterocycles. The van der Waals surface area contributed by atoms with Gasteiger partial charge in [0.15, 0.2) is 0 Å². The molecule has 0 aliphatic carbocycles. The van der Waals surface area contributed by atoms with Crippen molar-refractivity contribution in [1.29, 1.82) is 0 Å². The summed E-state index contributed by atoms with van der Waals surface area (Å²) in [6, 6.07) is 4.89. The highest BCUT2D eigenvalue weighted by Crippen LogP contribution is 2.23. The smallest absolute Gasteiger partial charge is 0.406 e. The van der Waals surface area contributed by atoms with E-state index in [1.165, 1.54) is 12.1 Å². The molecule has 0 aliphatic rings. The summed E-state index contributed by atoms with van der Waals surface area (Å²) in [5.41, 5.74) is 2.43. The van der Waals surface area contributed by atoms with E-state index >= 15 is 0 Å². The SMILES string of the molecule is [NH]Nc1ccc(OC(F)(F)F)cc1. The zero-order valence-corrected chi connectivity index (χ0v) is 6.35. The monoisotopic (exact) mass is 191 g/mol. The van der Waals surface area contributed by atoms with Gasteiger partial charge in [0.05, 0.1) is 5.69 Å². The number of hydrogen-bond acceptors (Lipinski definition) is 2. The lowest BCUT2D eigenvalue weighted by Crippen LogP contribution is -2.16. The van der Waals surface area contributed by atoms with Gasteiger partial charge < -0.3 is 10.2 Å². The molecular formula is C7H6F3N2O. The highest BCUT2D eigenvalue weighted by molar-refractivity contribution is 5.44. The van der Waals surface area contributed by atoms with Gasteiger partial charge >= 0.3 is 6.36 Å². The van der Waals surface area contributed by atoms with Crippen molar-refractivity contribution in [2.24, 2.45) is 0 Å². The molecule has 1 radical (unpaired) electrons. The fraction of sp³-hybridized carbons (Fsp3) is 0.143. The van der Waals surface area contributed by atoms with Crippen LogP contribution in [0.15, 0.2) is 24.3 Å². The molecule has 0 atom stereocenters. The fourth-order valence-electron chi connectivity index (χ4n) is 0.740. The van der Waals surface area contributed by atoms with Crippen molar-refractivity contribution in [1.82, 2.24) is 5.84 Å². The van der Waals surface area contributed by atoms with Crippen LogP contribution in [-0.4, -0.2) is 6.36 Å². The second kappa shape index (κ2) is 3.53. The molecule has 2 N–H and O–H groups in total. The van der Waals surface area contributed by atoms with Gasteiger partial charge in [0.25, 0.3) is 0 Å². The van der Waals surface area contributed by atoms with Gasteiger partial charge in [0.2, 0.25) is 0 Å². The van der Waals surface area contributed by atoms with Crippen LogP contribution >= 0.6 is 0 Å².